The monoisotopic (exact) mass is 520 g/mol. The number of fused-ring (bicyclic) bond motifs is 1. The average molecular weight is 521 g/mol. The SMILES string of the molecule is COc1ccc(O[C@@H]2OC3COC(C)(C)O[C@H]3[C@@H](OCc3ccccc3)C2OC(=O)c2ccccc2)cc1. The molecule has 2 saturated heterocycles. The molecule has 3 aromatic rings. The third-order valence-corrected chi connectivity index (χ3v) is 6.46. The zero-order valence-corrected chi connectivity index (χ0v) is 21.6. The van der Waals surface area contributed by atoms with Crippen LogP contribution in [0.5, 0.6) is 11.5 Å². The molecule has 0 aromatic heterocycles. The second-order valence-electron chi connectivity index (χ2n) is 9.63. The lowest BCUT2D eigenvalue weighted by molar-refractivity contribution is -0.377. The van der Waals surface area contributed by atoms with Crippen LogP contribution in [-0.2, 0) is 30.3 Å². The normalized spacial score (nSPS) is 26.1. The molecule has 8 heteroatoms. The first-order valence-electron chi connectivity index (χ1n) is 12.6. The summed E-state index contributed by atoms with van der Waals surface area (Å²) in [5.74, 6) is -0.166. The highest BCUT2D eigenvalue weighted by molar-refractivity contribution is 5.89. The van der Waals surface area contributed by atoms with Crippen molar-refractivity contribution in [1.29, 1.82) is 0 Å². The Balaban J connectivity index is 1.46. The van der Waals surface area contributed by atoms with E-state index in [2.05, 4.69) is 0 Å². The van der Waals surface area contributed by atoms with Gasteiger partial charge in [0.1, 0.15) is 29.8 Å². The third-order valence-electron chi connectivity index (χ3n) is 6.46. The summed E-state index contributed by atoms with van der Waals surface area (Å²) in [6.07, 6.45) is -3.69. The molecule has 2 unspecified atom stereocenters. The van der Waals surface area contributed by atoms with Crippen LogP contribution in [-0.4, -0.2) is 56.2 Å². The number of rotatable bonds is 8. The van der Waals surface area contributed by atoms with Gasteiger partial charge in [-0.1, -0.05) is 48.5 Å². The number of carbonyl (C=O) groups is 1. The summed E-state index contributed by atoms with van der Waals surface area (Å²) >= 11 is 0. The van der Waals surface area contributed by atoms with Crippen molar-refractivity contribution >= 4 is 5.97 Å². The van der Waals surface area contributed by atoms with Crippen molar-refractivity contribution < 1.29 is 38.0 Å². The zero-order chi connectivity index (χ0) is 26.5. The minimum Gasteiger partial charge on any atom is -0.497 e. The van der Waals surface area contributed by atoms with Crippen molar-refractivity contribution in [2.24, 2.45) is 0 Å². The number of benzene rings is 3. The van der Waals surface area contributed by atoms with Crippen LogP contribution in [0.2, 0.25) is 0 Å². The van der Waals surface area contributed by atoms with Crippen LogP contribution in [0.3, 0.4) is 0 Å². The van der Waals surface area contributed by atoms with Crippen LogP contribution >= 0.6 is 0 Å². The summed E-state index contributed by atoms with van der Waals surface area (Å²) in [6.45, 7) is 4.23. The predicted octanol–water partition coefficient (Wildman–Crippen LogP) is 4.76. The Morgan fingerprint density at radius 2 is 1.55 bits per heavy atom. The van der Waals surface area contributed by atoms with Crippen molar-refractivity contribution in [3.8, 4) is 11.5 Å². The molecule has 200 valence electrons. The smallest absolute Gasteiger partial charge is 0.338 e. The van der Waals surface area contributed by atoms with Crippen molar-refractivity contribution in [3.05, 3.63) is 96.1 Å². The number of hydrogen-bond donors (Lipinski definition) is 0. The van der Waals surface area contributed by atoms with Gasteiger partial charge >= 0.3 is 5.97 Å². The summed E-state index contributed by atoms with van der Waals surface area (Å²) in [4.78, 5) is 13.2. The van der Waals surface area contributed by atoms with Gasteiger partial charge in [-0.25, -0.2) is 4.79 Å². The van der Waals surface area contributed by atoms with Crippen LogP contribution < -0.4 is 9.47 Å². The summed E-state index contributed by atoms with van der Waals surface area (Å²) in [5, 5.41) is 0. The van der Waals surface area contributed by atoms with Crippen LogP contribution in [0, 0.1) is 0 Å². The highest BCUT2D eigenvalue weighted by atomic mass is 16.8. The van der Waals surface area contributed by atoms with E-state index in [4.69, 9.17) is 33.2 Å². The topological polar surface area (TPSA) is 81.7 Å². The fourth-order valence-corrected chi connectivity index (χ4v) is 4.53. The van der Waals surface area contributed by atoms with E-state index in [1.54, 1.807) is 55.6 Å². The van der Waals surface area contributed by atoms with E-state index in [1.165, 1.54) is 0 Å². The van der Waals surface area contributed by atoms with Gasteiger partial charge in [-0.2, -0.15) is 0 Å². The Morgan fingerprint density at radius 1 is 0.895 bits per heavy atom. The molecule has 5 atom stereocenters. The predicted molar refractivity (Wildman–Crippen MR) is 138 cm³/mol. The van der Waals surface area contributed by atoms with E-state index < -0.39 is 42.5 Å². The largest absolute Gasteiger partial charge is 0.497 e. The molecule has 0 aliphatic carbocycles. The molecular formula is C30H32O8. The number of ether oxygens (including phenoxy) is 7. The van der Waals surface area contributed by atoms with Gasteiger partial charge in [0.25, 0.3) is 0 Å². The molecule has 0 saturated carbocycles. The van der Waals surface area contributed by atoms with Gasteiger partial charge in [-0.05, 0) is 55.8 Å². The first kappa shape index (κ1) is 26.2. The Bertz CT molecular complexity index is 1180. The molecule has 0 radical (unpaired) electrons. The van der Waals surface area contributed by atoms with Crippen molar-refractivity contribution in [2.45, 2.75) is 56.9 Å². The lowest BCUT2D eigenvalue weighted by Gasteiger charge is -2.50. The van der Waals surface area contributed by atoms with Gasteiger partial charge in [-0.3, -0.25) is 0 Å². The van der Waals surface area contributed by atoms with Crippen LogP contribution in [0.1, 0.15) is 29.8 Å². The molecule has 3 aromatic carbocycles. The molecule has 0 spiro atoms. The molecule has 0 bridgehead atoms. The van der Waals surface area contributed by atoms with Crippen molar-refractivity contribution in [2.75, 3.05) is 13.7 Å². The van der Waals surface area contributed by atoms with E-state index in [-0.39, 0.29) is 13.2 Å². The van der Waals surface area contributed by atoms with Gasteiger partial charge in [0.2, 0.25) is 6.29 Å². The first-order chi connectivity index (χ1) is 18.4. The molecule has 2 aliphatic rings. The van der Waals surface area contributed by atoms with Gasteiger partial charge < -0.3 is 33.2 Å². The molecular weight excluding hydrogens is 488 g/mol. The fraction of sp³-hybridized carbons (Fsp3) is 0.367. The summed E-state index contributed by atoms with van der Waals surface area (Å²) < 4.78 is 42.5. The van der Waals surface area contributed by atoms with Gasteiger partial charge in [-0.15, -0.1) is 0 Å². The van der Waals surface area contributed by atoms with Crippen LogP contribution in [0.4, 0.5) is 0 Å². The minimum absolute atomic E-state index is 0.269. The molecule has 2 fully saturated rings. The average Bonchev–Trinajstić information content (AvgIpc) is 2.94. The fourth-order valence-electron chi connectivity index (χ4n) is 4.53. The maximum atomic E-state index is 13.2. The lowest BCUT2D eigenvalue weighted by Crippen LogP contribution is -2.66. The maximum absolute atomic E-state index is 13.2. The molecule has 8 nitrogen and oxygen atoms in total. The number of carbonyl (C=O) groups excluding carboxylic acids is 1. The molecule has 5 rings (SSSR count). The minimum atomic E-state index is -0.980. The van der Waals surface area contributed by atoms with Gasteiger partial charge in [0, 0.05) is 0 Å². The number of hydrogen-bond acceptors (Lipinski definition) is 8. The molecule has 0 amide bonds. The van der Waals surface area contributed by atoms with E-state index in [1.807, 2.05) is 50.2 Å². The Hall–Kier alpha value is -3.43. The van der Waals surface area contributed by atoms with Gasteiger partial charge in [0.05, 0.1) is 25.9 Å². The second-order valence-corrected chi connectivity index (χ2v) is 9.63. The third kappa shape index (κ3) is 6.16. The van der Waals surface area contributed by atoms with E-state index in [9.17, 15) is 4.79 Å². The maximum Gasteiger partial charge on any atom is 0.338 e. The van der Waals surface area contributed by atoms with Crippen molar-refractivity contribution in [1.82, 2.24) is 0 Å². The zero-order valence-electron chi connectivity index (χ0n) is 21.6. The second kappa shape index (κ2) is 11.5. The highest BCUT2D eigenvalue weighted by Crippen LogP contribution is 2.36. The first-order valence-corrected chi connectivity index (χ1v) is 12.6. The standard InChI is InChI=1S/C30H32O8/c1-30(2)34-19-24-25(38-30)26(33-18-20-10-6-4-7-11-20)27(37-28(31)21-12-8-5-9-13-21)29(36-24)35-23-16-14-22(32-3)15-17-23/h4-17,24-27,29H,18-19H2,1-3H3/t24?,25-,26-,27?,29-/m1/s1. The van der Waals surface area contributed by atoms with E-state index in [0.717, 1.165) is 5.56 Å². The Kier molecular flexibility index (Phi) is 7.95. The Labute approximate surface area is 222 Å². The van der Waals surface area contributed by atoms with E-state index >= 15 is 0 Å². The quantitative estimate of drug-likeness (QED) is 0.393. The molecule has 0 N–H and O–H groups in total. The molecule has 2 aliphatic heterocycles. The van der Waals surface area contributed by atoms with E-state index in [0.29, 0.717) is 17.1 Å². The number of esters is 1. The summed E-state index contributed by atoms with van der Waals surface area (Å²) in [7, 11) is 1.60. The lowest BCUT2D eigenvalue weighted by atomic mass is 9.96. The summed E-state index contributed by atoms with van der Waals surface area (Å²) in [5.41, 5.74) is 1.38. The highest BCUT2D eigenvalue weighted by Gasteiger charge is 2.54. The number of methoxy groups -OCH3 is 1. The van der Waals surface area contributed by atoms with Crippen LogP contribution in [0.15, 0.2) is 84.9 Å². The molecule has 2 heterocycles. The van der Waals surface area contributed by atoms with Gasteiger partial charge in [0.15, 0.2) is 11.9 Å². The van der Waals surface area contributed by atoms with Crippen LogP contribution in [0.25, 0.3) is 0 Å². The van der Waals surface area contributed by atoms with Crippen molar-refractivity contribution in [3.63, 3.8) is 0 Å². The summed E-state index contributed by atoms with van der Waals surface area (Å²) in [6, 6.07) is 25.7. The Morgan fingerprint density at radius 3 is 2.24 bits per heavy atom. The molecule has 38 heavy (non-hydrogen) atoms.